The van der Waals surface area contributed by atoms with E-state index < -0.39 is 17.6 Å². The number of alkyl halides is 3. The lowest BCUT2D eigenvalue weighted by Gasteiger charge is -2.20. The minimum absolute atomic E-state index is 0.152. The molecule has 0 aliphatic carbocycles. The van der Waals surface area contributed by atoms with Crippen molar-refractivity contribution in [3.05, 3.63) is 66.1 Å². The minimum Gasteiger partial charge on any atom is -0.457 e. The van der Waals surface area contributed by atoms with Crippen LogP contribution in [0.4, 0.5) is 35.0 Å². The molecule has 0 saturated heterocycles. The van der Waals surface area contributed by atoms with Crippen molar-refractivity contribution < 1.29 is 27.1 Å². The first-order valence-electron chi connectivity index (χ1n) is 12.8. The van der Waals surface area contributed by atoms with Crippen LogP contribution in [0, 0.1) is 5.82 Å². The van der Waals surface area contributed by atoms with Gasteiger partial charge in [0.2, 0.25) is 11.9 Å². The fourth-order valence-electron chi connectivity index (χ4n) is 4.24. The number of rotatable bonds is 11. The van der Waals surface area contributed by atoms with E-state index in [0.29, 0.717) is 40.5 Å². The van der Waals surface area contributed by atoms with Crippen LogP contribution in [0.5, 0.6) is 11.5 Å². The number of nitrogens with one attached hydrogen (secondary N) is 2. The van der Waals surface area contributed by atoms with Crippen molar-refractivity contribution in [3.63, 3.8) is 0 Å². The van der Waals surface area contributed by atoms with Crippen LogP contribution >= 0.6 is 0 Å². The zero-order valence-corrected chi connectivity index (χ0v) is 22.3. The summed E-state index contributed by atoms with van der Waals surface area (Å²) in [6.07, 6.45) is -1.18. The Morgan fingerprint density at radius 3 is 2.45 bits per heavy atom. The molecular formula is C28H30F4N6O2. The van der Waals surface area contributed by atoms with E-state index >= 15 is 0 Å². The van der Waals surface area contributed by atoms with Gasteiger partial charge in [0.15, 0.2) is 0 Å². The minimum atomic E-state index is -4.61. The average molecular weight is 559 g/mol. The van der Waals surface area contributed by atoms with Crippen molar-refractivity contribution in [1.29, 1.82) is 0 Å². The zero-order valence-electron chi connectivity index (χ0n) is 22.3. The summed E-state index contributed by atoms with van der Waals surface area (Å²) in [4.78, 5) is 23.2. The third-order valence-electron chi connectivity index (χ3n) is 6.07. The van der Waals surface area contributed by atoms with Gasteiger partial charge >= 0.3 is 6.18 Å². The molecule has 2 aromatic carbocycles. The average Bonchev–Trinajstić information content (AvgIpc) is 3.19. The van der Waals surface area contributed by atoms with Crippen LogP contribution in [-0.4, -0.2) is 45.0 Å². The first kappa shape index (κ1) is 28.8. The molecule has 0 atom stereocenters. The van der Waals surface area contributed by atoms with E-state index in [9.17, 15) is 22.4 Å². The van der Waals surface area contributed by atoms with Gasteiger partial charge in [-0.1, -0.05) is 13.8 Å². The smallest absolute Gasteiger partial charge is 0.416 e. The Balaban J connectivity index is 1.48. The molecular weight excluding hydrogens is 528 g/mol. The molecule has 2 heterocycles. The Labute approximate surface area is 229 Å². The van der Waals surface area contributed by atoms with E-state index in [4.69, 9.17) is 4.74 Å². The van der Waals surface area contributed by atoms with Crippen molar-refractivity contribution in [2.75, 3.05) is 30.3 Å². The van der Waals surface area contributed by atoms with E-state index in [1.165, 1.54) is 6.20 Å². The molecule has 4 aromatic rings. The molecule has 0 aliphatic rings. The Morgan fingerprint density at radius 1 is 1.02 bits per heavy atom. The Morgan fingerprint density at radius 2 is 1.75 bits per heavy atom. The van der Waals surface area contributed by atoms with Gasteiger partial charge in [-0.05, 0) is 62.3 Å². The first-order valence-corrected chi connectivity index (χ1v) is 12.8. The van der Waals surface area contributed by atoms with Gasteiger partial charge in [0, 0.05) is 25.4 Å². The summed E-state index contributed by atoms with van der Waals surface area (Å²) in [5.74, 6) is 0.363. The Bertz CT molecular complexity index is 1480. The van der Waals surface area contributed by atoms with Crippen LogP contribution in [0.3, 0.4) is 0 Å². The van der Waals surface area contributed by atoms with Crippen molar-refractivity contribution in [2.24, 2.45) is 7.05 Å². The number of carbonyl (C=O) groups excluding carboxylic acids is 1. The molecule has 0 fully saturated rings. The Kier molecular flexibility index (Phi) is 8.88. The summed E-state index contributed by atoms with van der Waals surface area (Å²) < 4.78 is 61.1. The van der Waals surface area contributed by atoms with Gasteiger partial charge < -0.3 is 19.9 Å². The van der Waals surface area contributed by atoms with Gasteiger partial charge in [-0.15, -0.1) is 0 Å². The maximum absolute atomic E-state index is 14.3. The molecule has 0 aliphatic heterocycles. The lowest BCUT2D eigenvalue weighted by Crippen LogP contribution is -2.34. The number of benzene rings is 2. The van der Waals surface area contributed by atoms with Gasteiger partial charge in [-0.3, -0.25) is 9.69 Å². The van der Waals surface area contributed by atoms with Crippen molar-refractivity contribution >= 4 is 34.4 Å². The number of fused-ring (bicyclic) bond motifs is 1. The van der Waals surface area contributed by atoms with Crippen LogP contribution < -0.4 is 15.4 Å². The second-order valence-electron chi connectivity index (χ2n) is 9.27. The lowest BCUT2D eigenvalue weighted by molar-refractivity contribution is -0.137. The van der Waals surface area contributed by atoms with Crippen molar-refractivity contribution in [1.82, 2.24) is 19.4 Å². The molecule has 0 radical (unpaired) electrons. The van der Waals surface area contributed by atoms with E-state index in [0.717, 1.165) is 32.0 Å². The molecule has 1 amide bonds. The molecule has 8 nitrogen and oxygen atoms in total. The van der Waals surface area contributed by atoms with E-state index in [2.05, 4.69) is 39.3 Å². The number of aryl methyl sites for hydroxylation is 1. The summed E-state index contributed by atoms with van der Waals surface area (Å²) in [6.45, 7) is 6.07. The normalized spacial score (nSPS) is 11.7. The molecule has 2 aromatic heterocycles. The number of imidazole rings is 1. The largest absolute Gasteiger partial charge is 0.457 e. The summed E-state index contributed by atoms with van der Waals surface area (Å²) in [5, 5.41) is 5.45. The van der Waals surface area contributed by atoms with Gasteiger partial charge in [0.1, 0.15) is 23.1 Å². The SMILES string of the molecule is CCCN(CCC)CC(=O)Nc1cc(Oc2ccc3c(c2)nc(Nc2cc(C(F)(F)F)ccc2F)n3C)ccn1. The van der Waals surface area contributed by atoms with E-state index in [-0.39, 0.29) is 24.1 Å². The molecule has 2 N–H and O–H groups in total. The van der Waals surface area contributed by atoms with E-state index in [1.807, 2.05) is 0 Å². The molecule has 0 bridgehead atoms. The molecule has 40 heavy (non-hydrogen) atoms. The maximum Gasteiger partial charge on any atom is 0.416 e. The topological polar surface area (TPSA) is 84.3 Å². The number of anilines is 3. The standard InChI is InChI=1S/C28H30F4N6O2/c1-4-12-38(13-5-2)17-26(39)36-25-16-20(10-11-33-25)40-19-7-9-24-23(15-19)35-27(37(24)3)34-22-14-18(28(30,31)32)6-8-21(22)29/h6-11,14-16H,4-5,12-13,17H2,1-3H3,(H,34,35)(H,33,36,39). The number of hydrogen-bond donors (Lipinski definition) is 2. The molecule has 0 unspecified atom stereocenters. The number of carbonyl (C=O) groups is 1. The number of pyridine rings is 1. The third-order valence-corrected chi connectivity index (χ3v) is 6.07. The third kappa shape index (κ3) is 7.06. The van der Waals surface area contributed by atoms with Crippen LogP contribution in [0.1, 0.15) is 32.3 Å². The van der Waals surface area contributed by atoms with Crippen LogP contribution in [0.25, 0.3) is 11.0 Å². The monoisotopic (exact) mass is 558 g/mol. The first-order chi connectivity index (χ1) is 19.1. The summed E-state index contributed by atoms with van der Waals surface area (Å²) in [6, 6.07) is 10.5. The molecule has 0 saturated carbocycles. The number of ether oxygens (including phenoxy) is 1. The van der Waals surface area contributed by atoms with E-state index in [1.54, 1.807) is 41.9 Å². The van der Waals surface area contributed by atoms with Gasteiger partial charge in [0.05, 0.1) is 28.8 Å². The highest BCUT2D eigenvalue weighted by molar-refractivity contribution is 5.91. The highest BCUT2D eigenvalue weighted by Crippen LogP contribution is 2.33. The number of nitrogens with zero attached hydrogens (tertiary/aromatic N) is 4. The number of hydrogen-bond acceptors (Lipinski definition) is 6. The molecule has 0 spiro atoms. The number of aromatic nitrogens is 3. The molecule has 4 rings (SSSR count). The number of amides is 1. The fourth-order valence-corrected chi connectivity index (χ4v) is 4.24. The summed E-state index contributed by atoms with van der Waals surface area (Å²) >= 11 is 0. The van der Waals surface area contributed by atoms with Crippen LogP contribution in [-0.2, 0) is 18.0 Å². The quantitative estimate of drug-likeness (QED) is 0.199. The van der Waals surface area contributed by atoms with Gasteiger partial charge in [-0.25, -0.2) is 14.4 Å². The Hall–Kier alpha value is -4.19. The second-order valence-corrected chi connectivity index (χ2v) is 9.27. The van der Waals surface area contributed by atoms with Crippen molar-refractivity contribution in [3.8, 4) is 11.5 Å². The van der Waals surface area contributed by atoms with Crippen molar-refractivity contribution in [2.45, 2.75) is 32.9 Å². The predicted octanol–water partition coefficient (Wildman–Crippen LogP) is 6.72. The van der Waals surface area contributed by atoms with Crippen LogP contribution in [0.2, 0.25) is 0 Å². The lowest BCUT2D eigenvalue weighted by atomic mass is 10.2. The fraction of sp³-hybridized carbons (Fsp3) is 0.321. The maximum atomic E-state index is 14.3. The van der Waals surface area contributed by atoms with Crippen LogP contribution in [0.15, 0.2) is 54.7 Å². The molecule has 12 heteroatoms. The van der Waals surface area contributed by atoms with Gasteiger partial charge in [0.25, 0.3) is 0 Å². The van der Waals surface area contributed by atoms with Gasteiger partial charge in [-0.2, -0.15) is 13.2 Å². The zero-order chi connectivity index (χ0) is 28.9. The summed E-state index contributed by atoms with van der Waals surface area (Å²) in [5.41, 5.74) is -0.195. The molecule has 212 valence electrons. The highest BCUT2D eigenvalue weighted by Gasteiger charge is 2.31. The number of halogens is 4. The second kappa shape index (κ2) is 12.3. The summed E-state index contributed by atoms with van der Waals surface area (Å²) in [7, 11) is 1.66. The predicted molar refractivity (Wildman–Crippen MR) is 145 cm³/mol. The highest BCUT2D eigenvalue weighted by atomic mass is 19.4.